The second-order valence-corrected chi connectivity index (χ2v) is 6.84. The highest BCUT2D eigenvalue weighted by atomic mass is 16.5. The zero-order valence-corrected chi connectivity index (χ0v) is 13.8. The van der Waals surface area contributed by atoms with E-state index in [1.54, 1.807) is 0 Å². The van der Waals surface area contributed by atoms with Crippen LogP contribution >= 0.6 is 0 Å². The van der Waals surface area contributed by atoms with Gasteiger partial charge in [-0.05, 0) is 61.9 Å². The van der Waals surface area contributed by atoms with Crippen molar-refractivity contribution in [2.24, 2.45) is 11.8 Å². The predicted molar refractivity (Wildman–Crippen MR) is 86.8 cm³/mol. The first-order valence-corrected chi connectivity index (χ1v) is 8.05. The van der Waals surface area contributed by atoms with E-state index in [4.69, 9.17) is 4.74 Å². The highest BCUT2D eigenvalue weighted by Crippen LogP contribution is 2.23. The van der Waals surface area contributed by atoms with E-state index in [1.165, 1.54) is 17.5 Å². The van der Waals surface area contributed by atoms with Crippen molar-refractivity contribution in [3.63, 3.8) is 0 Å². The average molecular weight is 291 g/mol. The first-order chi connectivity index (χ1) is 9.94. The molecule has 0 radical (unpaired) electrons. The Bertz CT molecular complexity index is 438. The Morgan fingerprint density at radius 2 is 1.90 bits per heavy atom. The molecule has 1 aromatic rings. The Hall–Kier alpha value is -1.06. The van der Waals surface area contributed by atoms with E-state index in [0.29, 0.717) is 13.2 Å². The van der Waals surface area contributed by atoms with Crippen LogP contribution in [0.25, 0.3) is 0 Å². The van der Waals surface area contributed by atoms with Gasteiger partial charge in [0.05, 0.1) is 0 Å². The molecule has 2 atom stereocenters. The number of hydrogen-bond donors (Lipinski definition) is 1. The van der Waals surface area contributed by atoms with Crippen LogP contribution in [0.5, 0.6) is 5.75 Å². The summed E-state index contributed by atoms with van der Waals surface area (Å²) in [5, 5.41) is 10.2. The van der Waals surface area contributed by atoms with E-state index in [2.05, 4.69) is 38.7 Å². The van der Waals surface area contributed by atoms with E-state index in [-0.39, 0.29) is 0 Å². The summed E-state index contributed by atoms with van der Waals surface area (Å²) >= 11 is 0. The second kappa shape index (κ2) is 7.28. The molecule has 3 nitrogen and oxygen atoms in total. The molecule has 1 saturated heterocycles. The number of nitrogens with zero attached hydrogens (tertiary/aromatic N) is 1. The molecule has 0 aromatic heterocycles. The molecule has 0 amide bonds. The maximum Gasteiger partial charge on any atom is 0.119 e. The van der Waals surface area contributed by atoms with Gasteiger partial charge in [-0.2, -0.15) is 0 Å². The highest BCUT2D eigenvalue weighted by Gasteiger charge is 2.26. The van der Waals surface area contributed by atoms with Crippen molar-refractivity contribution < 1.29 is 9.84 Å². The van der Waals surface area contributed by atoms with Crippen LogP contribution in [0.1, 0.15) is 31.4 Å². The lowest BCUT2D eigenvalue weighted by Crippen LogP contribution is -2.34. The Labute approximate surface area is 128 Å². The number of likely N-dealkylation sites (tertiary alicyclic amines) is 1. The van der Waals surface area contributed by atoms with Gasteiger partial charge in [0.25, 0.3) is 0 Å². The number of hydrogen-bond acceptors (Lipinski definition) is 3. The van der Waals surface area contributed by atoms with Crippen LogP contribution in [0.15, 0.2) is 18.2 Å². The van der Waals surface area contributed by atoms with Crippen molar-refractivity contribution >= 4 is 0 Å². The van der Waals surface area contributed by atoms with Gasteiger partial charge in [0.1, 0.15) is 18.5 Å². The molecule has 2 unspecified atom stereocenters. The largest absolute Gasteiger partial charge is 0.491 e. The fraction of sp³-hybridized carbons (Fsp3) is 0.667. The van der Waals surface area contributed by atoms with Crippen LogP contribution < -0.4 is 4.74 Å². The van der Waals surface area contributed by atoms with Crippen LogP contribution in [-0.4, -0.2) is 42.4 Å². The van der Waals surface area contributed by atoms with Gasteiger partial charge in [0, 0.05) is 13.1 Å². The van der Waals surface area contributed by atoms with Crippen LogP contribution in [-0.2, 0) is 0 Å². The number of β-amino-alcohol motifs (C(OH)–C–C–N with tert-alkyl or cyclic N) is 1. The summed E-state index contributed by atoms with van der Waals surface area (Å²) in [5.74, 6) is 2.37. The molecule has 0 spiro atoms. The summed E-state index contributed by atoms with van der Waals surface area (Å²) in [7, 11) is 0. The number of aliphatic hydroxyl groups excluding tert-OH is 1. The molecule has 1 N–H and O–H groups in total. The van der Waals surface area contributed by atoms with Gasteiger partial charge in [0.2, 0.25) is 0 Å². The number of rotatable bonds is 6. The van der Waals surface area contributed by atoms with Crippen molar-refractivity contribution in [3.05, 3.63) is 29.3 Å². The molecule has 0 saturated carbocycles. The zero-order valence-electron chi connectivity index (χ0n) is 13.8. The third-order valence-corrected chi connectivity index (χ3v) is 4.36. The summed E-state index contributed by atoms with van der Waals surface area (Å²) in [6.45, 7) is 12.0. The standard InChI is InChI=1S/C18H29NO2/c1-13(2)16-5-6-19(10-16)11-17(20)12-21-18-8-14(3)7-15(4)9-18/h7-9,13,16-17,20H,5-6,10-12H2,1-4H3. The van der Waals surface area contributed by atoms with Gasteiger partial charge < -0.3 is 14.7 Å². The van der Waals surface area contributed by atoms with Crippen LogP contribution in [0.3, 0.4) is 0 Å². The minimum atomic E-state index is -0.420. The van der Waals surface area contributed by atoms with E-state index < -0.39 is 6.10 Å². The molecule has 1 aliphatic rings. The summed E-state index contributed by atoms with van der Waals surface area (Å²) in [6.07, 6.45) is 0.833. The lowest BCUT2D eigenvalue weighted by molar-refractivity contribution is 0.0740. The summed E-state index contributed by atoms with van der Waals surface area (Å²) in [6, 6.07) is 6.16. The maximum atomic E-state index is 10.2. The minimum absolute atomic E-state index is 0.367. The van der Waals surface area contributed by atoms with Crippen molar-refractivity contribution in [3.8, 4) is 5.75 Å². The monoisotopic (exact) mass is 291 g/mol. The van der Waals surface area contributed by atoms with Crippen LogP contribution in [0.4, 0.5) is 0 Å². The zero-order chi connectivity index (χ0) is 15.4. The second-order valence-electron chi connectivity index (χ2n) is 6.84. The molecule has 3 heteroatoms. The van der Waals surface area contributed by atoms with Gasteiger partial charge in [-0.3, -0.25) is 0 Å². The lowest BCUT2D eigenvalue weighted by atomic mass is 9.95. The van der Waals surface area contributed by atoms with Crippen LogP contribution in [0, 0.1) is 25.7 Å². The average Bonchev–Trinajstić information content (AvgIpc) is 2.84. The number of aliphatic hydroxyl groups is 1. The van der Waals surface area contributed by atoms with Gasteiger partial charge in [-0.25, -0.2) is 0 Å². The number of benzene rings is 1. The van der Waals surface area contributed by atoms with Crippen molar-refractivity contribution in [2.75, 3.05) is 26.2 Å². The Balaban J connectivity index is 1.76. The summed E-state index contributed by atoms with van der Waals surface area (Å²) < 4.78 is 5.74. The van der Waals surface area contributed by atoms with Crippen molar-refractivity contribution in [1.29, 1.82) is 0 Å². The molecular formula is C18H29NO2. The van der Waals surface area contributed by atoms with Gasteiger partial charge in [-0.1, -0.05) is 19.9 Å². The summed E-state index contributed by atoms with van der Waals surface area (Å²) in [4.78, 5) is 2.36. The van der Waals surface area contributed by atoms with Gasteiger partial charge in [-0.15, -0.1) is 0 Å². The normalized spacial score (nSPS) is 21.0. The molecule has 0 aliphatic carbocycles. The minimum Gasteiger partial charge on any atom is -0.491 e. The number of aryl methyl sites for hydroxylation is 2. The van der Waals surface area contributed by atoms with Crippen molar-refractivity contribution in [2.45, 2.75) is 40.2 Å². The Morgan fingerprint density at radius 3 is 2.48 bits per heavy atom. The summed E-state index contributed by atoms with van der Waals surface area (Å²) in [5.41, 5.74) is 2.39. The topological polar surface area (TPSA) is 32.7 Å². The number of ether oxygens (including phenoxy) is 1. The fourth-order valence-corrected chi connectivity index (χ4v) is 3.13. The smallest absolute Gasteiger partial charge is 0.119 e. The van der Waals surface area contributed by atoms with E-state index in [0.717, 1.165) is 30.7 Å². The Morgan fingerprint density at radius 1 is 1.24 bits per heavy atom. The third kappa shape index (κ3) is 5.01. The molecule has 0 bridgehead atoms. The fourth-order valence-electron chi connectivity index (χ4n) is 3.13. The molecule has 1 fully saturated rings. The quantitative estimate of drug-likeness (QED) is 0.874. The first kappa shape index (κ1) is 16.3. The predicted octanol–water partition coefficient (Wildman–Crippen LogP) is 3.02. The molecular weight excluding hydrogens is 262 g/mol. The van der Waals surface area contributed by atoms with Crippen LogP contribution in [0.2, 0.25) is 0 Å². The molecule has 2 rings (SSSR count). The highest BCUT2D eigenvalue weighted by molar-refractivity contribution is 5.32. The Kier molecular flexibility index (Phi) is 5.65. The third-order valence-electron chi connectivity index (χ3n) is 4.36. The van der Waals surface area contributed by atoms with E-state index >= 15 is 0 Å². The maximum absolute atomic E-state index is 10.2. The van der Waals surface area contributed by atoms with E-state index in [9.17, 15) is 5.11 Å². The lowest BCUT2D eigenvalue weighted by Gasteiger charge is -2.21. The molecule has 1 aromatic carbocycles. The molecule has 1 aliphatic heterocycles. The first-order valence-electron chi connectivity index (χ1n) is 8.05. The molecule has 118 valence electrons. The van der Waals surface area contributed by atoms with E-state index in [1.807, 2.05) is 12.1 Å². The van der Waals surface area contributed by atoms with Crippen molar-refractivity contribution in [1.82, 2.24) is 4.90 Å². The SMILES string of the molecule is Cc1cc(C)cc(OCC(O)CN2CCC(C(C)C)C2)c1. The van der Waals surface area contributed by atoms with Gasteiger partial charge in [0.15, 0.2) is 0 Å². The molecule has 1 heterocycles. The molecule has 21 heavy (non-hydrogen) atoms. The van der Waals surface area contributed by atoms with Gasteiger partial charge >= 0.3 is 0 Å².